The van der Waals surface area contributed by atoms with E-state index in [4.69, 9.17) is 10.5 Å². The lowest BCUT2D eigenvalue weighted by molar-refractivity contribution is -0.135. The molecule has 1 heterocycles. The summed E-state index contributed by atoms with van der Waals surface area (Å²) in [5.74, 6) is 0.440. The third-order valence-corrected chi connectivity index (χ3v) is 5.72. The molecule has 1 saturated heterocycles. The third-order valence-electron chi connectivity index (χ3n) is 5.72. The van der Waals surface area contributed by atoms with Gasteiger partial charge in [0.1, 0.15) is 6.61 Å². The second kappa shape index (κ2) is 9.41. The van der Waals surface area contributed by atoms with Crippen molar-refractivity contribution in [2.24, 2.45) is 17.6 Å². The van der Waals surface area contributed by atoms with Gasteiger partial charge in [-0.1, -0.05) is 44.2 Å². The van der Waals surface area contributed by atoms with Crippen LogP contribution in [0.1, 0.15) is 45.1 Å². The van der Waals surface area contributed by atoms with Gasteiger partial charge in [-0.15, -0.1) is 0 Å². The fourth-order valence-corrected chi connectivity index (χ4v) is 3.75. The Morgan fingerprint density at radius 3 is 2.57 bits per heavy atom. The topological polar surface area (TPSA) is 75.9 Å². The van der Waals surface area contributed by atoms with Gasteiger partial charge in [0, 0.05) is 25.7 Å². The van der Waals surface area contributed by atoms with Gasteiger partial charge in [0.2, 0.25) is 5.91 Å². The molecule has 2 fully saturated rings. The molecule has 2 amide bonds. The molecular weight excluding hydrogens is 354 g/mol. The van der Waals surface area contributed by atoms with Crippen LogP contribution < -0.4 is 5.73 Å². The number of rotatable bonds is 7. The quantitative estimate of drug-likeness (QED) is 0.780. The lowest BCUT2D eigenvalue weighted by Crippen LogP contribution is -2.51. The van der Waals surface area contributed by atoms with E-state index in [9.17, 15) is 9.59 Å². The molecular formula is C22H33N3O3. The van der Waals surface area contributed by atoms with Crippen molar-refractivity contribution in [3.8, 4) is 0 Å². The second-order valence-corrected chi connectivity index (χ2v) is 8.49. The van der Waals surface area contributed by atoms with Gasteiger partial charge >= 0.3 is 6.09 Å². The van der Waals surface area contributed by atoms with Crippen molar-refractivity contribution in [1.82, 2.24) is 9.80 Å². The monoisotopic (exact) mass is 387 g/mol. The van der Waals surface area contributed by atoms with Gasteiger partial charge in [0.15, 0.2) is 0 Å². The number of ether oxygens (including phenoxy) is 1. The zero-order valence-electron chi connectivity index (χ0n) is 17.0. The van der Waals surface area contributed by atoms with E-state index in [0.717, 1.165) is 37.8 Å². The Morgan fingerprint density at radius 1 is 1.21 bits per heavy atom. The molecule has 2 atom stereocenters. The van der Waals surface area contributed by atoms with E-state index in [2.05, 4.69) is 0 Å². The first-order chi connectivity index (χ1) is 13.5. The lowest BCUT2D eigenvalue weighted by atomic mass is 9.95. The maximum atomic E-state index is 12.7. The van der Waals surface area contributed by atoms with Crippen LogP contribution in [0.25, 0.3) is 0 Å². The van der Waals surface area contributed by atoms with Gasteiger partial charge in [-0.3, -0.25) is 4.79 Å². The molecule has 1 aromatic rings. The summed E-state index contributed by atoms with van der Waals surface area (Å²) in [4.78, 5) is 29.1. The molecule has 6 heteroatoms. The first kappa shape index (κ1) is 20.6. The molecule has 1 saturated carbocycles. The van der Waals surface area contributed by atoms with Gasteiger partial charge in [0.25, 0.3) is 0 Å². The van der Waals surface area contributed by atoms with E-state index in [0.29, 0.717) is 19.7 Å². The van der Waals surface area contributed by atoms with Crippen LogP contribution in [0.4, 0.5) is 4.79 Å². The highest BCUT2D eigenvalue weighted by Crippen LogP contribution is 2.30. The van der Waals surface area contributed by atoms with Crippen molar-refractivity contribution in [3.63, 3.8) is 0 Å². The Morgan fingerprint density at radius 2 is 1.93 bits per heavy atom. The van der Waals surface area contributed by atoms with E-state index in [1.54, 1.807) is 0 Å². The molecule has 28 heavy (non-hydrogen) atoms. The van der Waals surface area contributed by atoms with Crippen molar-refractivity contribution in [2.75, 3.05) is 19.6 Å². The minimum Gasteiger partial charge on any atom is -0.445 e. The molecule has 1 aliphatic heterocycles. The average molecular weight is 388 g/mol. The number of nitrogens with zero attached hydrogens (tertiary/aromatic N) is 2. The SMILES string of the molecule is CC(C)[C@H](N)C(=O)N1CCC[C@@H](CN(C(=O)OCc2ccccc2)C2CC2)C1. The first-order valence-corrected chi connectivity index (χ1v) is 10.5. The zero-order valence-corrected chi connectivity index (χ0v) is 17.0. The van der Waals surface area contributed by atoms with Crippen LogP contribution in [-0.4, -0.2) is 53.5 Å². The van der Waals surface area contributed by atoms with Crippen molar-refractivity contribution in [2.45, 2.75) is 58.2 Å². The average Bonchev–Trinajstić information content (AvgIpc) is 3.55. The number of amides is 2. The summed E-state index contributed by atoms with van der Waals surface area (Å²) in [7, 11) is 0. The van der Waals surface area contributed by atoms with Crippen LogP contribution in [0, 0.1) is 11.8 Å². The highest BCUT2D eigenvalue weighted by Gasteiger charge is 2.37. The Bertz CT molecular complexity index is 660. The van der Waals surface area contributed by atoms with Gasteiger partial charge in [-0.05, 0) is 43.1 Å². The van der Waals surface area contributed by atoms with Crippen LogP contribution in [0.3, 0.4) is 0 Å². The number of hydrogen-bond donors (Lipinski definition) is 1. The summed E-state index contributed by atoms with van der Waals surface area (Å²) in [5, 5.41) is 0. The Labute approximate surface area is 168 Å². The Hall–Kier alpha value is -2.08. The molecule has 1 aliphatic carbocycles. The van der Waals surface area contributed by atoms with E-state index in [1.807, 2.05) is 54.0 Å². The predicted octanol–water partition coefficient (Wildman–Crippen LogP) is 3.01. The largest absolute Gasteiger partial charge is 0.445 e. The van der Waals surface area contributed by atoms with Crippen molar-refractivity contribution < 1.29 is 14.3 Å². The zero-order chi connectivity index (χ0) is 20.1. The first-order valence-electron chi connectivity index (χ1n) is 10.5. The predicted molar refractivity (Wildman–Crippen MR) is 108 cm³/mol. The van der Waals surface area contributed by atoms with Crippen LogP contribution in [0.15, 0.2) is 30.3 Å². The number of benzene rings is 1. The normalized spacial score (nSPS) is 20.7. The van der Waals surface area contributed by atoms with E-state index < -0.39 is 6.04 Å². The van der Waals surface area contributed by atoms with Gasteiger partial charge in [-0.2, -0.15) is 0 Å². The Kier molecular flexibility index (Phi) is 6.94. The molecule has 0 unspecified atom stereocenters. The van der Waals surface area contributed by atoms with Crippen LogP contribution >= 0.6 is 0 Å². The molecule has 3 rings (SSSR count). The van der Waals surface area contributed by atoms with E-state index >= 15 is 0 Å². The standard InChI is InChI=1S/C22H33N3O3/c1-16(2)20(23)21(26)24-12-6-9-18(13-24)14-25(19-10-11-19)22(27)28-15-17-7-4-3-5-8-17/h3-5,7-8,16,18-20H,6,9-15,23H2,1-2H3/t18-,20+/m1/s1. The number of carbonyl (C=O) groups excluding carboxylic acids is 2. The summed E-state index contributed by atoms with van der Waals surface area (Å²) >= 11 is 0. The van der Waals surface area contributed by atoms with Gasteiger partial charge in [0.05, 0.1) is 6.04 Å². The fraction of sp³-hybridized carbons (Fsp3) is 0.636. The minimum absolute atomic E-state index is 0.0318. The van der Waals surface area contributed by atoms with Gasteiger partial charge < -0.3 is 20.3 Å². The fourth-order valence-electron chi connectivity index (χ4n) is 3.75. The summed E-state index contributed by atoms with van der Waals surface area (Å²) in [6, 6.07) is 9.58. The smallest absolute Gasteiger partial charge is 0.410 e. The van der Waals surface area contributed by atoms with Crippen molar-refractivity contribution in [3.05, 3.63) is 35.9 Å². The summed E-state index contributed by atoms with van der Waals surface area (Å²) in [6.07, 6.45) is 3.81. The number of hydrogen-bond acceptors (Lipinski definition) is 4. The highest BCUT2D eigenvalue weighted by molar-refractivity contribution is 5.82. The van der Waals surface area contributed by atoms with Crippen molar-refractivity contribution in [1.29, 1.82) is 0 Å². The van der Waals surface area contributed by atoms with Crippen LogP contribution in [0.2, 0.25) is 0 Å². The lowest BCUT2D eigenvalue weighted by Gasteiger charge is -2.37. The summed E-state index contributed by atoms with van der Waals surface area (Å²) in [6.45, 7) is 6.33. The van der Waals surface area contributed by atoms with E-state index in [1.165, 1.54) is 0 Å². The minimum atomic E-state index is -0.450. The van der Waals surface area contributed by atoms with E-state index in [-0.39, 0.29) is 29.9 Å². The molecule has 0 aromatic heterocycles. The molecule has 0 radical (unpaired) electrons. The number of piperidine rings is 1. The number of likely N-dealkylation sites (tertiary alicyclic amines) is 1. The number of nitrogens with two attached hydrogens (primary N) is 1. The molecule has 154 valence electrons. The highest BCUT2D eigenvalue weighted by atomic mass is 16.6. The molecule has 2 N–H and O–H groups in total. The van der Waals surface area contributed by atoms with Crippen LogP contribution in [0.5, 0.6) is 0 Å². The molecule has 0 bridgehead atoms. The third kappa shape index (κ3) is 5.47. The van der Waals surface area contributed by atoms with Crippen molar-refractivity contribution >= 4 is 12.0 Å². The molecule has 2 aliphatic rings. The summed E-state index contributed by atoms with van der Waals surface area (Å²) < 4.78 is 5.56. The molecule has 1 aromatic carbocycles. The Balaban J connectivity index is 1.55. The molecule has 0 spiro atoms. The summed E-state index contributed by atoms with van der Waals surface area (Å²) in [5.41, 5.74) is 7.05. The molecule has 6 nitrogen and oxygen atoms in total. The van der Waals surface area contributed by atoms with Crippen LogP contribution in [-0.2, 0) is 16.1 Å². The maximum absolute atomic E-state index is 12.7. The van der Waals surface area contributed by atoms with Gasteiger partial charge in [-0.25, -0.2) is 4.79 Å². The number of carbonyl (C=O) groups is 2. The maximum Gasteiger partial charge on any atom is 0.410 e. The second-order valence-electron chi connectivity index (χ2n) is 8.49.